The van der Waals surface area contributed by atoms with Gasteiger partial charge in [0.1, 0.15) is 0 Å². The lowest BCUT2D eigenvalue weighted by molar-refractivity contribution is 0.240. The first-order valence-electron chi connectivity index (χ1n) is 5.01. The predicted molar refractivity (Wildman–Crippen MR) is 57.5 cm³/mol. The van der Waals surface area contributed by atoms with Gasteiger partial charge in [-0.1, -0.05) is 13.3 Å². The molecule has 0 spiro atoms. The minimum Gasteiger partial charge on any atom is -0.388 e. The summed E-state index contributed by atoms with van der Waals surface area (Å²) in [6, 6.07) is -0.137. The Kier molecular flexibility index (Phi) is 7.59. The number of amides is 2. The first kappa shape index (κ1) is 12.7. The van der Waals surface area contributed by atoms with Crippen LogP contribution in [0.1, 0.15) is 32.6 Å². The molecule has 5 heteroatoms. The van der Waals surface area contributed by atoms with Gasteiger partial charge in [0.25, 0.3) is 0 Å². The van der Waals surface area contributed by atoms with E-state index in [0.29, 0.717) is 13.0 Å². The molecule has 5 nitrogen and oxygen atoms in total. The summed E-state index contributed by atoms with van der Waals surface area (Å²) in [6.45, 7) is 3.36. The van der Waals surface area contributed by atoms with Crippen molar-refractivity contribution in [2.45, 2.75) is 32.6 Å². The highest BCUT2D eigenvalue weighted by molar-refractivity contribution is 5.77. The van der Waals surface area contributed by atoms with Gasteiger partial charge in [-0.15, -0.1) is 0 Å². The Labute approximate surface area is 84.9 Å². The Balaban J connectivity index is 3.22. The SMILES string of the molecule is CCCCNC(=O)NCCCC(=N)N. The van der Waals surface area contributed by atoms with Gasteiger partial charge in [-0.2, -0.15) is 0 Å². The van der Waals surface area contributed by atoms with E-state index < -0.39 is 0 Å². The summed E-state index contributed by atoms with van der Waals surface area (Å²) in [5, 5.41) is 12.4. The summed E-state index contributed by atoms with van der Waals surface area (Å²) < 4.78 is 0. The van der Waals surface area contributed by atoms with Crippen LogP contribution in [0.4, 0.5) is 4.79 Å². The molecular formula is C9H20N4O. The molecule has 0 aromatic carbocycles. The van der Waals surface area contributed by atoms with Crippen molar-refractivity contribution >= 4 is 11.9 Å². The standard InChI is InChI=1S/C9H20N4O/c1-2-3-6-12-9(14)13-7-4-5-8(10)11/h2-7H2,1H3,(H3,10,11)(H2,12,13,14). The molecule has 0 heterocycles. The normalized spacial score (nSPS) is 9.50. The average molecular weight is 200 g/mol. The Morgan fingerprint density at radius 1 is 1.29 bits per heavy atom. The van der Waals surface area contributed by atoms with E-state index in [1.807, 2.05) is 0 Å². The zero-order valence-corrected chi connectivity index (χ0v) is 8.73. The van der Waals surface area contributed by atoms with Gasteiger partial charge in [0, 0.05) is 19.5 Å². The fourth-order valence-corrected chi connectivity index (χ4v) is 0.922. The fourth-order valence-electron chi connectivity index (χ4n) is 0.922. The lowest BCUT2D eigenvalue weighted by Gasteiger charge is -2.06. The molecule has 0 saturated heterocycles. The molecule has 82 valence electrons. The Hall–Kier alpha value is -1.26. The zero-order chi connectivity index (χ0) is 10.8. The van der Waals surface area contributed by atoms with E-state index in [9.17, 15) is 4.79 Å². The van der Waals surface area contributed by atoms with Gasteiger partial charge >= 0.3 is 6.03 Å². The second-order valence-corrected chi connectivity index (χ2v) is 3.17. The molecule has 0 radical (unpaired) electrons. The maximum absolute atomic E-state index is 11.1. The third kappa shape index (κ3) is 8.83. The van der Waals surface area contributed by atoms with Crippen LogP contribution in [0.5, 0.6) is 0 Å². The number of carbonyl (C=O) groups is 1. The number of hydrogen-bond acceptors (Lipinski definition) is 2. The van der Waals surface area contributed by atoms with Crippen LogP contribution < -0.4 is 16.4 Å². The Morgan fingerprint density at radius 3 is 2.36 bits per heavy atom. The van der Waals surface area contributed by atoms with Crippen molar-refractivity contribution in [1.82, 2.24) is 10.6 Å². The number of rotatable bonds is 7. The highest BCUT2D eigenvalue weighted by atomic mass is 16.2. The van der Waals surface area contributed by atoms with Gasteiger partial charge in [-0.3, -0.25) is 5.41 Å². The van der Waals surface area contributed by atoms with Crippen LogP contribution >= 0.6 is 0 Å². The van der Waals surface area contributed by atoms with Crippen molar-refractivity contribution in [2.75, 3.05) is 13.1 Å². The van der Waals surface area contributed by atoms with Gasteiger partial charge in [0.15, 0.2) is 0 Å². The molecule has 5 N–H and O–H groups in total. The molecule has 0 aliphatic heterocycles. The van der Waals surface area contributed by atoms with Crippen LogP contribution in [0.3, 0.4) is 0 Å². The zero-order valence-electron chi connectivity index (χ0n) is 8.73. The Bertz CT molecular complexity index is 182. The second kappa shape index (κ2) is 8.34. The predicted octanol–water partition coefficient (Wildman–Crippen LogP) is 0.802. The van der Waals surface area contributed by atoms with Gasteiger partial charge < -0.3 is 16.4 Å². The fraction of sp³-hybridized carbons (Fsp3) is 0.778. The second-order valence-electron chi connectivity index (χ2n) is 3.17. The molecule has 0 aromatic rings. The van der Waals surface area contributed by atoms with Crippen LogP contribution in [-0.2, 0) is 0 Å². The van der Waals surface area contributed by atoms with E-state index in [-0.39, 0.29) is 11.9 Å². The van der Waals surface area contributed by atoms with E-state index in [1.54, 1.807) is 0 Å². The van der Waals surface area contributed by atoms with E-state index in [0.717, 1.165) is 25.8 Å². The van der Waals surface area contributed by atoms with Crippen molar-refractivity contribution in [3.63, 3.8) is 0 Å². The highest BCUT2D eigenvalue weighted by Gasteiger charge is 1.97. The molecule has 0 bridgehead atoms. The number of amidine groups is 1. The van der Waals surface area contributed by atoms with E-state index in [2.05, 4.69) is 17.6 Å². The van der Waals surface area contributed by atoms with Crippen LogP contribution in [0.25, 0.3) is 0 Å². The van der Waals surface area contributed by atoms with Crippen LogP contribution in [-0.4, -0.2) is 25.0 Å². The number of carbonyl (C=O) groups excluding carboxylic acids is 1. The largest absolute Gasteiger partial charge is 0.388 e. The van der Waals surface area contributed by atoms with Crippen molar-refractivity contribution in [2.24, 2.45) is 5.73 Å². The maximum atomic E-state index is 11.1. The van der Waals surface area contributed by atoms with Crippen molar-refractivity contribution in [3.05, 3.63) is 0 Å². The molecule has 0 aromatic heterocycles. The number of urea groups is 1. The Morgan fingerprint density at radius 2 is 1.86 bits per heavy atom. The lowest BCUT2D eigenvalue weighted by Crippen LogP contribution is -2.36. The van der Waals surface area contributed by atoms with Gasteiger partial charge in [-0.05, 0) is 12.8 Å². The average Bonchev–Trinajstić information content (AvgIpc) is 2.13. The van der Waals surface area contributed by atoms with Crippen molar-refractivity contribution in [1.29, 1.82) is 5.41 Å². The minimum atomic E-state index is -0.137. The molecule has 0 saturated carbocycles. The van der Waals surface area contributed by atoms with Crippen molar-refractivity contribution < 1.29 is 4.79 Å². The van der Waals surface area contributed by atoms with E-state index in [4.69, 9.17) is 11.1 Å². The summed E-state index contributed by atoms with van der Waals surface area (Å²) in [5.74, 6) is 0.165. The first-order valence-corrected chi connectivity index (χ1v) is 5.01. The molecule has 2 amide bonds. The smallest absolute Gasteiger partial charge is 0.314 e. The third-order valence-corrected chi connectivity index (χ3v) is 1.72. The summed E-state index contributed by atoms with van der Waals surface area (Å²) in [7, 11) is 0. The van der Waals surface area contributed by atoms with Crippen molar-refractivity contribution in [3.8, 4) is 0 Å². The summed E-state index contributed by atoms with van der Waals surface area (Å²) >= 11 is 0. The number of hydrogen-bond donors (Lipinski definition) is 4. The molecular weight excluding hydrogens is 180 g/mol. The summed E-state index contributed by atoms with van der Waals surface area (Å²) in [4.78, 5) is 11.1. The molecule has 0 aliphatic rings. The van der Waals surface area contributed by atoms with Crippen LogP contribution in [0.2, 0.25) is 0 Å². The topological polar surface area (TPSA) is 91.0 Å². The highest BCUT2D eigenvalue weighted by Crippen LogP contribution is 1.85. The molecule has 0 aliphatic carbocycles. The monoisotopic (exact) mass is 200 g/mol. The number of unbranched alkanes of at least 4 members (excludes halogenated alkanes) is 1. The minimum absolute atomic E-state index is 0.137. The van der Waals surface area contributed by atoms with Gasteiger partial charge in [0.2, 0.25) is 0 Å². The van der Waals surface area contributed by atoms with E-state index in [1.165, 1.54) is 0 Å². The van der Waals surface area contributed by atoms with Gasteiger partial charge in [-0.25, -0.2) is 4.79 Å². The third-order valence-electron chi connectivity index (χ3n) is 1.72. The van der Waals surface area contributed by atoms with Crippen LogP contribution in [0, 0.1) is 5.41 Å². The molecule has 0 fully saturated rings. The quantitative estimate of drug-likeness (QED) is 0.278. The molecule has 0 rings (SSSR count). The first-order chi connectivity index (χ1) is 6.66. The number of nitrogens with one attached hydrogen (secondary N) is 3. The van der Waals surface area contributed by atoms with Gasteiger partial charge in [0.05, 0.1) is 5.84 Å². The molecule has 14 heavy (non-hydrogen) atoms. The molecule has 0 unspecified atom stereocenters. The lowest BCUT2D eigenvalue weighted by atomic mass is 10.3. The number of nitrogens with two attached hydrogens (primary N) is 1. The molecule has 0 atom stereocenters. The summed E-state index contributed by atoms with van der Waals surface area (Å²) in [5.41, 5.74) is 5.16. The summed E-state index contributed by atoms with van der Waals surface area (Å²) in [6.07, 6.45) is 3.33. The van der Waals surface area contributed by atoms with E-state index >= 15 is 0 Å². The van der Waals surface area contributed by atoms with Crippen LogP contribution in [0.15, 0.2) is 0 Å². The maximum Gasteiger partial charge on any atom is 0.314 e.